The topological polar surface area (TPSA) is 192 Å². The van der Waals surface area contributed by atoms with Crippen LogP contribution in [-0.2, 0) is 27.9 Å². The standard InChI is InChI=1S/C47H83O12P/c1-3-5-7-9-11-13-15-17-18-19-20-21-22-23-25-27-29-31-33-35-37-56-38-40(39-57-60(54,55)59-47-45(52)43(50)42(49)44(51)46(47)53)58-41(48)36-34-32-30-28-26-24-16-14-12-10-8-6-4-2/h6,8,12,14,17-18,24,26,30,32,40,42-47,49-53H,3-5,7,9-11,13,15-16,19-23,25,27-29,31,33-39H2,1-2H3,(H,54,55)/b8-6-,14-12-,18-17-,26-24-,32-30-. The minimum atomic E-state index is -5.04. The van der Waals surface area contributed by atoms with Gasteiger partial charge in [-0.1, -0.05) is 158 Å². The van der Waals surface area contributed by atoms with Crippen LogP contribution in [0.1, 0.15) is 168 Å². The van der Waals surface area contributed by atoms with Crippen molar-refractivity contribution >= 4 is 13.8 Å². The van der Waals surface area contributed by atoms with E-state index >= 15 is 0 Å². The van der Waals surface area contributed by atoms with Crippen LogP contribution < -0.4 is 0 Å². The van der Waals surface area contributed by atoms with E-state index in [-0.39, 0.29) is 13.0 Å². The molecule has 1 fully saturated rings. The van der Waals surface area contributed by atoms with E-state index in [4.69, 9.17) is 18.5 Å². The molecule has 0 amide bonds. The van der Waals surface area contributed by atoms with Gasteiger partial charge in [0.15, 0.2) is 0 Å². The van der Waals surface area contributed by atoms with E-state index in [1.165, 1.54) is 89.9 Å². The predicted octanol–water partition coefficient (Wildman–Crippen LogP) is 9.42. The molecule has 60 heavy (non-hydrogen) atoms. The fourth-order valence-electron chi connectivity index (χ4n) is 6.72. The first-order valence-electron chi connectivity index (χ1n) is 23.1. The fraction of sp³-hybridized carbons (Fsp3) is 0.766. The van der Waals surface area contributed by atoms with E-state index < -0.39 is 63.1 Å². The number of aliphatic hydroxyl groups is 5. The lowest BCUT2D eigenvalue weighted by atomic mass is 9.85. The number of unbranched alkanes of at least 4 members (excludes halogenated alkanes) is 16. The first-order valence-corrected chi connectivity index (χ1v) is 24.6. The number of carbonyl (C=O) groups is 1. The molecule has 0 spiro atoms. The number of phosphoric ester groups is 1. The van der Waals surface area contributed by atoms with E-state index in [1.54, 1.807) is 0 Å². The summed E-state index contributed by atoms with van der Waals surface area (Å²) in [6.45, 7) is 4.05. The average Bonchev–Trinajstić information content (AvgIpc) is 3.23. The molecule has 1 rings (SSSR count). The molecule has 0 aromatic carbocycles. The van der Waals surface area contributed by atoms with Gasteiger partial charge in [0.2, 0.25) is 0 Å². The zero-order valence-electron chi connectivity index (χ0n) is 37.0. The van der Waals surface area contributed by atoms with Gasteiger partial charge in [-0.2, -0.15) is 0 Å². The van der Waals surface area contributed by atoms with Gasteiger partial charge in [0.1, 0.15) is 42.7 Å². The van der Waals surface area contributed by atoms with Crippen LogP contribution in [-0.4, -0.2) is 98.9 Å². The van der Waals surface area contributed by atoms with Crippen molar-refractivity contribution < 1.29 is 58.3 Å². The summed E-state index contributed by atoms with van der Waals surface area (Å²) in [6, 6.07) is 0. The Bertz CT molecular complexity index is 1220. The SMILES string of the molecule is CC/C=C\C/C=C\C/C=C\C/C=C\CCC(=O)OC(COCCCCCCCCCCCC/C=C\CCCCCCCC)COP(=O)(O)OC1C(O)C(O)C(O)C(O)C1O. The lowest BCUT2D eigenvalue weighted by molar-refractivity contribution is -0.220. The molecule has 1 aliphatic rings. The molecule has 12 nitrogen and oxygen atoms in total. The number of carbonyl (C=O) groups excluding carboxylic acids is 1. The van der Waals surface area contributed by atoms with E-state index in [0.29, 0.717) is 13.0 Å². The molecule has 1 saturated carbocycles. The Morgan fingerprint density at radius 3 is 1.50 bits per heavy atom. The first kappa shape index (κ1) is 56.1. The van der Waals surface area contributed by atoms with E-state index in [9.17, 15) is 39.8 Å². The fourth-order valence-corrected chi connectivity index (χ4v) is 7.69. The minimum absolute atomic E-state index is 0.0628. The minimum Gasteiger partial charge on any atom is -0.457 e. The first-order chi connectivity index (χ1) is 29.0. The molecule has 0 bridgehead atoms. The number of allylic oxidation sites excluding steroid dienone is 10. The quantitative estimate of drug-likeness (QED) is 0.0149. The molecule has 6 atom stereocenters. The number of esters is 1. The summed E-state index contributed by atoms with van der Waals surface area (Å²) < 4.78 is 34.1. The van der Waals surface area contributed by atoms with Crippen molar-refractivity contribution in [1.82, 2.24) is 0 Å². The summed E-state index contributed by atoms with van der Waals surface area (Å²) >= 11 is 0. The van der Waals surface area contributed by atoms with E-state index in [0.717, 1.165) is 51.4 Å². The second-order valence-corrected chi connectivity index (χ2v) is 17.3. The highest BCUT2D eigenvalue weighted by atomic mass is 31.2. The summed E-state index contributed by atoms with van der Waals surface area (Å²) in [7, 11) is -5.04. The van der Waals surface area contributed by atoms with E-state index in [1.807, 2.05) is 12.2 Å². The Hall–Kier alpha value is -1.96. The Kier molecular flexibility index (Phi) is 35.1. The molecular formula is C47H83O12P. The van der Waals surface area contributed by atoms with Crippen LogP contribution in [0.2, 0.25) is 0 Å². The maximum absolute atomic E-state index is 12.8. The van der Waals surface area contributed by atoms with Crippen LogP contribution in [0.15, 0.2) is 60.8 Å². The third-order valence-electron chi connectivity index (χ3n) is 10.4. The van der Waals surface area contributed by atoms with Gasteiger partial charge >= 0.3 is 13.8 Å². The molecule has 0 aliphatic heterocycles. The van der Waals surface area contributed by atoms with Crippen molar-refractivity contribution in [3.8, 4) is 0 Å². The summed E-state index contributed by atoms with van der Waals surface area (Å²) in [5.41, 5.74) is 0. The highest BCUT2D eigenvalue weighted by molar-refractivity contribution is 7.47. The smallest absolute Gasteiger partial charge is 0.457 e. The number of rotatable bonds is 38. The number of hydrogen-bond donors (Lipinski definition) is 6. The lowest BCUT2D eigenvalue weighted by Crippen LogP contribution is -2.64. The molecule has 348 valence electrons. The van der Waals surface area contributed by atoms with Gasteiger partial charge in [0.25, 0.3) is 0 Å². The molecular weight excluding hydrogens is 787 g/mol. The zero-order valence-corrected chi connectivity index (χ0v) is 37.9. The van der Waals surface area contributed by atoms with Gasteiger partial charge in [-0.05, 0) is 64.2 Å². The average molecular weight is 871 g/mol. The number of aliphatic hydroxyl groups excluding tert-OH is 5. The van der Waals surface area contributed by atoms with Crippen LogP contribution in [0.25, 0.3) is 0 Å². The van der Waals surface area contributed by atoms with Crippen molar-refractivity contribution in [3.05, 3.63) is 60.8 Å². The van der Waals surface area contributed by atoms with Gasteiger partial charge in [-0.15, -0.1) is 0 Å². The molecule has 0 heterocycles. The normalized spacial score (nSPS) is 22.9. The number of phosphoric acid groups is 1. The van der Waals surface area contributed by atoms with Crippen molar-refractivity contribution in [2.75, 3.05) is 19.8 Å². The van der Waals surface area contributed by atoms with Gasteiger partial charge < -0.3 is 39.9 Å². The summed E-state index contributed by atoms with van der Waals surface area (Å²) in [6.07, 6.45) is 34.6. The Morgan fingerprint density at radius 2 is 0.983 bits per heavy atom. The highest BCUT2D eigenvalue weighted by Gasteiger charge is 2.51. The monoisotopic (exact) mass is 871 g/mol. The maximum atomic E-state index is 12.8. The van der Waals surface area contributed by atoms with Gasteiger partial charge in [0, 0.05) is 13.0 Å². The highest BCUT2D eigenvalue weighted by Crippen LogP contribution is 2.47. The van der Waals surface area contributed by atoms with Crippen LogP contribution in [0, 0.1) is 0 Å². The Morgan fingerprint density at radius 1 is 0.550 bits per heavy atom. The number of ether oxygens (including phenoxy) is 2. The molecule has 0 aromatic heterocycles. The zero-order chi connectivity index (χ0) is 44.1. The Labute approximate surface area is 362 Å². The summed E-state index contributed by atoms with van der Waals surface area (Å²) in [5.74, 6) is -0.558. The third kappa shape index (κ3) is 29.4. The van der Waals surface area contributed by atoms with Crippen molar-refractivity contribution in [1.29, 1.82) is 0 Å². The molecule has 13 heteroatoms. The van der Waals surface area contributed by atoms with Crippen LogP contribution in [0.3, 0.4) is 0 Å². The van der Waals surface area contributed by atoms with Gasteiger partial charge in [0.05, 0.1) is 13.2 Å². The van der Waals surface area contributed by atoms with Crippen molar-refractivity contribution in [2.24, 2.45) is 0 Å². The predicted molar refractivity (Wildman–Crippen MR) is 239 cm³/mol. The van der Waals surface area contributed by atoms with Gasteiger partial charge in [-0.3, -0.25) is 13.8 Å². The Balaban J connectivity index is 2.40. The van der Waals surface area contributed by atoms with Crippen LogP contribution in [0.4, 0.5) is 0 Å². The third-order valence-corrected chi connectivity index (χ3v) is 11.4. The molecule has 0 radical (unpaired) electrons. The number of hydrogen-bond acceptors (Lipinski definition) is 11. The molecule has 6 N–H and O–H groups in total. The molecule has 0 saturated heterocycles. The van der Waals surface area contributed by atoms with Crippen molar-refractivity contribution in [3.63, 3.8) is 0 Å². The van der Waals surface area contributed by atoms with Crippen LogP contribution >= 0.6 is 7.82 Å². The second kappa shape index (κ2) is 37.6. The second-order valence-electron chi connectivity index (χ2n) is 15.9. The summed E-state index contributed by atoms with van der Waals surface area (Å²) in [5, 5.41) is 50.1. The maximum Gasteiger partial charge on any atom is 0.472 e. The van der Waals surface area contributed by atoms with Crippen molar-refractivity contribution in [2.45, 2.75) is 211 Å². The summed E-state index contributed by atoms with van der Waals surface area (Å²) in [4.78, 5) is 23.1. The van der Waals surface area contributed by atoms with Crippen LogP contribution in [0.5, 0.6) is 0 Å². The molecule has 6 unspecified atom stereocenters. The lowest BCUT2D eigenvalue weighted by Gasteiger charge is -2.41. The van der Waals surface area contributed by atoms with Gasteiger partial charge in [-0.25, -0.2) is 4.57 Å². The van der Waals surface area contributed by atoms with E-state index in [2.05, 4.69) is 62.5 Å². The molecule has 1 aliphatic carbocycles. The largest absolute Gasteiger partial charge is 0.472 e. The molecule has 0 aromatic rings.